The van der Waals surface area contributed by atoms with E-state index in [2.05, 4.69) is 37.4 Å². The molecular formula is C14H31N2O2P. The summed E-state index contributed by atoms with van der Waals surface area (Å²) in [7, 11) is -0.688. The summed E-state index contributed by atoms with van der Waals surface area (Å²) in [5.41, 5.74) is 0.0352. The van der Waals surface area contributed by atoms with Crippen LogP contribution in [0.3, 0.4) is 0 Å². The van der Waals surface area contributed by atoms with Crippen LogP contribution in [-0.2, 0) is 9.09 Å². The van der Waals surface area contributed by atoms with Crippen LogP contribution in [0.1, 0.15) is 41.5 Å². The highest BCUT2D eigenvalue weighted by Gasteiger charge is 2.44. The zero-order valence-corrected chi connectivity index (χ0v) is 14.6. The van der Waals surface area contributed by atoms with E-state index in [9.17, 15) is 4.57 Å². The number of likely N-dealkylation sites (N-methyl/N-ethyl adjacent to an activating group) is 1. The predicted octanol–water partition coefficient (Wildman–Crippen LogP) is 3.29. The first kappa shape index (κ1) is 17.2. The van der Waals surface area contributed by atoms with Gasteiger partial charge in [0.25, 0.3) is 7.52 Å². The molecule has 1 heterocycles. The highest BCUT2D eigenvalue weighted by Crippen LogP contribution is 2.62. The third-order valence-corrected chi connectivity index (χ3v) is 6.69. The molecule has 0 aromatic carbocycles. The van der Waals surface area contributed by atoms with Crippen LogP contribution in [0, 0.1) is 5.41 Å². The Bertz CT molecular complexity index is 336. The van der Waals surface area contributed by atoms with Crippen molar-refractivity contribution in [3.63, 3.8) is 0 Å². The van der Waals surface area contributed by atoms with Gasteiger partial charge in [0.15, 0.2) is 0 Å². The molecule has 4 nitrogen and oxygen atoms in total. The van der Waals surface area contributed by atoms with Gasteiger partial charge in [0.2, 0.25) is 0 Å². The van der Waals surface area contributed by atoms with Crippen molar-refractivity contribution < 1.29 is 9.09 Å². The summed E-state index contributed by atoms with van der Waals surface area (Å²) in [5.74, 6) is 0. The second kappa shape index (κ2) is 5.85. The summed E-state index contributed by atoms with van der Waals surface area (Å²) in [5, 5.41) is -0.339. The Hall–Kier alpha value is 0.110. The van der Waals surface area contributed by atoms with Crippen LogP contribution >= 0.6 is 7.52 Å². The lowest BCUT2D eigenvalue weighted by atomic mass is 9.99. The molecule has 0 bridgehead atoms. The zero-order valence-electron chi connectivity index (χ0n) is 13.7. The minimum absolute atomic E-state index is 0.0352. The first-order chi connectivity index (χ1) is 8.46. The van der Waals surface area contributed by atoms with Gasteiger partial charge >= 0.3 is 0 Å². The zero-order chi connectivity index (χ0) is 14.9. The van der Waals surface area contributed by atoms with Crippen molar-refractivity contribution in [1.82, 2.24) is 9.57 Å². The molecule has 0 N–H and O–H groups in total. The van der Waals surface area contributed by atoms with Gasteiger partial charge in [-0.25, -0.2) is 4.67 Å². The van der Waals surface area contributed by atoms with Crippen molar-refractivity contribution in [2.24, 2.45) is 5.41 Å². The van der Waals surface area contributed by atoms with Gasteiger partial charge in [0.05, 0.1) is 11.8 Å². The Balaban J connectivity index is 2.85. The summed E-state index contributed by atoms with van der Waals surface area (Å²) < 4.78 is 21.5. The first-order valence-electron chi connectivity index (χ1n) is 7.14. The van der Waals surface area contributed by atoms with E-state index in [1.807, 2.05) is 20.8 Å². The van der Waals surface area contributed by atoms with E-state index < -0.39 is 7.52 Å². The normalized spacial score (nSPS) is 23.3. The number of hydrogen-bond acceptors (Lipinski definition) is 3. The highest BCUT2D eigenvalue weighted by molar-refractivity contribution is 7.58. The fourth-order valence-electron chi connectivity index (χ4n) is 2.04. The van der Waals surface area contributed by atoms with Crippen molar-refractivity contribution in [3.05, 3.63) is 0 Å². The Kier molecular flexibility index (Phi) is 5.28. The monoisotopic (exact) mass is 290 g/mol. The van der Waals surface area contributed by atoms with Gasteiger partial charge in [-0.2, -0.15) is 0 Å². The van der Waals surface area contributed by atoms with Crippen molar-refractivity contribution >= 4 is 7.52 Å². The standard InChI is InChI=1S/C14H31N2O2P/c1-13(2,3)12-18-19(17,14(4,5)6)16-10-8-15(7)9-11-16/h8-12H2,1-7H3. The minimum Gasteiger partial charge on any atom is -0.316 e. The largest absolute Gasteiger partial charge is 0.316 e. The van der Waals surface area contributed by atoms with Crippen LogP contribution in [0.4, 0.5) is 0 Å². The van der Waals surface area contributed by atoms with Crippen molar-refractivity contribution in [1.29, 1.82) is 0 Å². The van der Waals surface area contributed by atoms with E-state index in [-0.39, 0.29) is 10.6 Å². The summed E-state index contributed by atoms with van der Waals surface area (Å²) in [6.07, 6.45) is 0. The molecule has 114 valence electrons. The molecule has 0 aliphatic carbocycles. The lowest BCUT2D eigenvalue weighted by Gasteiger charge is -2.43. The maximum atomic E-state index is 13.4. The Morgan fingerprint density at radius 2 is 1.47 bits per heavy atom. The molecule has 0 amide bonds. The first-order valence-corrected chi connectivity index (χ1v) is 8.72. The van der Waals surface area contributed by atoms with Gasteiger partial charge in [-0.15, -0.1) is 0 Å². The van der Waals surface area contributed by atoms with E-state index in [1.54, 1.807) is 0 Å². The van der Waals surface area contributed by atoms with Crippen molar-refractivity contribution in [2.45, 2.75) is 46.7 Å². The Morgan fingerprint density at radius 3 is 1.84 bits per heavy atom. The molecule has 5 heteroatoms. The van der Waals surface area contributed by atoms with E-state index in [4.69, 9.17) is 4.52 Å². The molecule has 1 unspecified atom stereocenters. The average Bonchev–Trinajstić information content (AvgIpc) is 2.24. The number of rotatable bonds is 3. The van der Waals surface area contributed by atoms with Crippen LogP contribution < -0.4 is 0 Å². The van der Waals surface area contributed by atoms with Crippen molar-refractivity contribution in [2.75, 3.05) is 39.8 Å². The molecule has 1 aliphatic heterocycles. The number of nitrogens with zero attached hydrogens (tertiary/aromatic N) is 2. The average molecular weight is 290 g/mol. The maximum Gasteiger partial charge on any atom is 0.277 e. The third-order valence-electron chi connectivity index (χ3n) is 3.37. The number of hydrogen-bond donors (Lipinski definition) is 0. The summed E-state index contributed by atoms with van der Waals surface area (Å²) in [6.45, 7) is 16.5. The number of piperazine rings is 1. The van der Waals surface area contributed by atoms with Crippen LogP contribution in [0.2, 0.25) is 0 Å². The fraction of sp³-hybridized carbons (Fsp3) is 1.00. The fourth-order valence-corrected chi connectivity index (χ4v) is 4.71. The van der Waals surface area contributed by atoms with Gasteiger partial charge < -0.3 is 9.42 Å². The van der Waals surface area contributed by atoms with Crippen LogP contribution in [-0.4, -0.2) is 54.6 Å². The molecule has 1 saturated heterocycles. The van der Waals surface area contributed by atoms with Gasteiger partial charge in [-0.1, -0.05) is 20.8 Å². The molecule has 0 aromatic rings. The van der Waals surface area contributed by atoms with E-state index in [0.29, 0.717) is 6.61 Å². The van der Waals surface area contributed by atoms with Crippen LogP contribution in [0.25, 0.3) is 0 Å². The predicted molar refractivity (Wildman–Crippen MR) is 81.8 cm³/mol. The van der Waals surface area contributed by atoms with Crippen molar-refractivity contribution in [3.8, 4) is 0 Å². The summed E-state index contributed by atoms with van der Waals surface area (Å²) >= 11 is 0. The molecule has 0 saturated carbocycles. The maximum absolute atomic E-state index is 13.4. The molecule has 1 aliphatic rings. The van der Waals surface area contributed by atoms with Gasteiger partial charge in [0.1, 0.15) is 0 Å². The smallest absolute Gasteiger partial charge is 0.277 e. The van der Waals surface area contributed by atoms with E-state index >= 15 is 0 Å². The van der Waals surface area contributed by atoms with Crippen LogP contribution in [0.15, 0.2) is 0 Å². The second-order valence-corrected chi connectivity index (χ2v) is 11.0. The SMILES string of the molecule is CN1CCN(P(=O)(OCC(C)(C)C)C(C)(C)C)CC1. The minimum atomic E-state index is -2.79. The molecule has 1 atom stereocenters. The van der Waals surface area contributed by atoms with Gasteiger partial charge in [0, 0.05) is 26.2 Å². The Labute approximate surface area is 119 Å². The topological polar surface area (TPSA) is 32.8 Å². The molecule has 0 spiro atoms. The summed E-state index contributed by atoms with van der Waals surface area (Å²) in [4.78, 5) is 2.27. The molecule has 19 heavy (non-hydrogen) atoms. The lowest BCUT2D eigenvalue weighted by molar-refractivity contribution is 0.147. The van der Waals surface area contributed by atoms with Crippen LogP contribution in [0.5, 0.6) is 0 Å². The van der Waals surface area contributed by atoms with E-state index in [1.165, 1.54) is 0 Å². The molecule has 0 aromatic heterocycles. The summed E-state index contributed by atoms with van der Waals surface area (Å²) in [6, 6.07) is 0. The Morgan fingerprint density at radius 1 is 1.00 bits per heavy atom. The van der Waals surface area contributed by atoms with E-state index in [0.717, 1.165) is 26.2 Å². The third kappa shape index (κ3) is 4.56. The lowest BCUT2D eigenvalue weighted by Crippen LogP contribution is -2.45. The molecular weight excluding hydrogens is 259 g/mol. The van der Waals surface area contributed by atoms with Gasteiger partial charge in [-0.3, -0.25) is 4.57 Å². The highest BCUT2D eigenvalue weighted by atomic mass is 31.2. The second-order valence-electron chi connectivity index (χ2n) is 7.78. The molecule has 1 rings (SSSR count). The quantitative estimate of drug-likeness (QED) is 0.747. The van der Waals surface area contributed by atoms with Gasteiger partial charge in [-0.05, 0) is 33.2 Å². The molecule has 0 radical (unpaired) electrons. The molecule has 1 fully saturated rings.